The van der Waals surface area contributed by atoms with Crippen LogP contribution in [0.3, 0.4) is 0 Å². The molecule has 120 valence electrons. The topological polar surface area (TPSA) is 34.1 Å². The number of hydrogen-bond donors (Lipinski definition) is 1. The van der Waals surface area contributed by atoms with E-state index < -0.39 is 0 Å². The number of rotatable bonds is 6. The Labute approximate surface area is 152 Å². The minimum absolute atomic E-state index is 0.334. The molecule has 23 heavy (non-hydrogen) atoms. The predicted octanol–water partition coefficient (Wildman–Crippen LogP) is 5.49. The average Bonchev–Trinajstić information content (AvgIpc) is 3.24. The molecule has 0 radical (unpaired) electrons. The van der Waals surface area contributed by atoms with Crippen molar-refractivity contribution in [3.63, 3.8) is 0 Å². The highest BCUT2D eigenvalue weighted by Crippen LogP contribution is 2.34. The van der Waals surface area contributed by atoms with Gasteiger partial charge in [0, 0.05) is 27.3 Å². The van der Waals surface area contributed by atoms with Gasteiger partial charge in [0.05, 0.1) is 18.4 Å². The highest BCUT2D eigenvalue weighted by atomic mass is 79.9. The highest BCUT2D eigenvalue weighted by molar-refractivity contribution is 9.10. The van der Waals surface area contributed by atoms with E-state index in [9.17, 15) is 0 Å². The van der Waals surface area contributed by atoms with Crippen molar-refractivity contribution in [1.82, 2.24) is 10.3 Å². The minimum atomic E-state index is 0.334. The molecular weight excluding hydrogens is 392 g/mol. The molecule has 0 saturated carbocycles. The van der Waals surface area contributed by atoms with Gasteiger partial charge in [-0.15, -0.1) is 22.7 Å². The van der Waals surface area contributed by atoms with Crippen LogP contribution in [-0.4, -0.2) is 12.1 Å². The van der Waals surface area contributed by atoms with E-state index in [4.69, 9.17) is 9.72 Å². The fourth-order valence-corrected chi connectivity index (χ4v) is 4.22. The second-order valence-electron chi connectivity index (χ2n) is 5.11. The van der Waals surface area contributed by atoms with E-state index in [2.05, 4.69) is 51.1 Å². The third-order valence-corrected chi connectivity index (χ3v) is 5.98. The van der Waals surface area contributed by atoms with E-state index in [1.54, 1.807) is 29.8 Å². The molecule has 0 aliphatic carbocycles. The fourth-order valence-electron chi connectivity index (χ4n) is 2.26. The Bertz CT molecular complexity index is 771. The van der Waals surface area contributed by atoms with Gasteiger partial charge in [0.25, 0.3) is 0 Å². The van der Waals surface area contributed by atoms with Gasteiger partial charge in [0.1, 0.15) is 10.8 Å². The van der Waals surface area contributed by atoms with E-state index >= 15 is 0 Å². The zero-order valence-electron chi connectivity index (χ0n) is 12.9. The lowest BCUT2D eigenvalue weighted by Gasteiger charge is -2.10. The molecule has 1 unspecified atom stereocenters. The summed E-state index contributed by atoms with van der Waals surface area (Å²) in [6, 6.07) is 10.5. The quantitative estimate of drug-likeness (QED) is 0.584. The first kappa shape index (κ1) is 16.6. The van der Waals surface area contributed by atoms with Gasteiger partial charge in [-0.05, 0) is 36.6 Å². The first-order valence-electron chi connectivity index (χ1n) is 7.22. The molecule has 3 aromatic rings. The molecule has 0 aliphatic rings. The molecule has 1 atom stereocenters. The number of nitrogens with one attached hydrogen (secondary N) is 1. The van der Waals surface area contributed by atoms with E-state index in [0.29, 0.717) is 6.04 Å². The van der Waals surface area contributed by atoms with Crippen LogP contribution in [0, 0.1) is 0 Å². The van der Waals surface area contributed by atoms with Crippen LogP contribution in [0.4, 0.5) is 0 Å². The molecule has 1 aromatic carbocycles. The van der Waals surface area contributed by atoms with Gasteiger partial charge in [-0.2, -0.15) is 0 Å². The second kappa shape index (κ2) is 7.57. The lowest BCUT2D eigenvalue weighted by molar-refractivity contribution is 0.416. The monoisotopic (exact) mass is 408 g/mol. The van der Waals surface area contributed by atoms with Crippen molar-refractivity contribution in [2.45, 2.75) is 19.5 Å². The van der Waals surface area contributed by atoms with Crippen molar-refractivity contribution < 1.29 is 4.74 Å². The van der Waals surface area contributed by atoms with Crippen molar-refractivity contribution in [2.24, 2.45) is 0 Å². The lowest BCUT2D eigenvalue weighted by atomic mass is 10.2. The van der Waals surface area contributed by atoms with Gasteiger partial charge in [0.15, 0.2) is 0 Å². The summed E-state index contributed by atoms with van der Waals surface area (Å²) in [4.78, 5) is 6.08. The summed E-state index contributed by atoms with van der Waals surface area (Å²) in [6.07, 6.45) is 0. The van der Waals surface area contributed by atoms with Gasteiger partial charge in [-0.25, -0.2) is 4.98 Å². The fraction of sp³-hybridized carbons (Fsp3) is 0.235. The number of hydrogen-bond acceptors (Lipinski definition) is 5. The molecule has 0 fully saturated rings. The summed E-state index contributed by atoms with van der Waals surface area (Å²) in [5.41, 5.74) is 2.07. The number of nitrogens with zero attached hydrogens (tertiary/aromatic N) is 1. The molecule has 1 N–H and O–H groups in total. The van der Waals surface area contributed by atoms with E-state index in [-0.39, 0.29) is 0 Å². The molecular formula is C17H17BrN2OS2. The van der Waals surface area contributed by atoms with Gasteiger partial charge in [-0.1, -0.05) is 22.0 Å². The van der Waals surface area contributed by atoms with Crippen LogP contribution in [0.25, 0.3) is 10.6 Å². The van der Waals surface area contributed by atoms with Gasteiger partial charge in [0.2, 0.25) is 0 Å². The Kier molecular flexibility index (Phi) is 5.48. The third-order valence-electron chi connectivity index (χ3n) is 3.50. The van der Waals surface area contributed by atoms with Crippen LogP contribution in [0.2, 0.25) is 0 Å². The van der Waals surface area contributed by atoms with Crippen molar-refractivity contribution >= 4 is 38.6 Å². The maximum atomic E-state index is 5.44. The summed E-state index contributed by atoms with van der Waals surface area (Å²) in [5.74, 6) is 0.842. The normalized spacial score (nSPS) is 12.3. The summed E-state index contributed by atoms with van der Waals surface area (Å²) in [7, 11) is 1.69. The first-order chi connectivity index (χ1) is 11.2. The van der Waals surface area contributed by atoms with E-state index in [0.717, 1.165) is 33.0 Å². The van der Waals surface area contributed by atoms with Crippen LogP contribution >= 0.6 is 38.6 Å². The zero-order chi connectivity index (χ0) is 16.2. The van der Waals surface area contributed by atoms with Crippen LogP contribution in [0.5, 0.6) is 5.75 Å². The molecule has 2 aromatic heterocycles. The molecule has 0 amide bonds. The largest absolute Gasteiger partial charge is 0.496 e. The SMILES string of the molecule is COc1ccc(Br)cc1-c1nc(CNC(C)c2cccs2)cs1. The Morgan fingerprint density at radius 3 is 2.91 bits per heavy atom. The molecule has 0 spiro atoms. The van der Waals surface area contributed by atoms with E-state index in [1.165, 1.54) is 4.88 Å². The summed E-state index contributed by atoms with van der Waals surface area (Å²) in [5, 5.41) is 8.70. The van der Waals surface area contributed by atoms with Crippen molar-refractivity contribution in [3.05, 3.63) is 56.1 Å². The third kappa shape index (κ3) is 4.01. The maximum absolute atomic E-state index is 5.44. The van der Waals surface area contributed by atoms with Crippen molar-refractivity contribution in [2.75, 3.05) is 7.11 Å². The highest BCUT2D eigenvalue weighted by Gasteiger charge is 2.12. The number of halogens is 1. The number of methoxy groups -OCH3 is 1. The summed E-state index contributed by atoms with van der Waals surface area (Å²) < 4.78 is 6.47. The van der Waals surface area contributed by atoms with E-state index in [1.807, 2.05) is 18.2 Å². The molecule has 3 rings (SSSR count). The maximum Gasteiger partial charge on any atom is 0.129 e. The Morgan fingerprint density at radius 2 is 2.17 bits per heavy atom. The number of benzene rings is 1. The number of aromatic nitrogens is 1. The van der Waals surface area contributed by atoms with Crippen molar-refractivity contribution in [1.29, 1.82) is 0 Å². The summed E-state index contributed by atoms with van der Waals surface area (Å²) >= 11 is 6.92. The van der Waals surface area contributed by atoms with Gasteiger partial charge < -0.3 is 10.1 Å². The summed E-state index contributed by atoms with van der Waals surface area (Å²) in [6.45, 7) is 2.93. The number of thiazole rings is 1. The van der Waals surface area contributed by atoms with Crippen LogP contribution < -0.4 is 10.1 Å². The Hall–Kier alpha value is -1.21. The minimum Gasteiger partial charge on any atom is -0.496 e. The van der Waals surface area contributed by atoms with Crippen LogP contribution in [0.15, 0.2) is 45.6 Å². The zero-order valence-corrected chi connectivity index (χ0v) is 16.1. The molecule has 0 saturated heterocycles. The number of thiophene rings is 1. The van der Waals surface area contributed by atoms with Gasteiger partial charge >= 0.3 is 0 Å². The lowest BCUT2D eigenvalue weighted by Crippen LogP contribution is -2.17. The molecule has 0 bridgehead atoms. The standard InChI is InChI=1S/C17H17BrN2OS2/c1-11(16-4-3-7-22-16)19-9-13-10-23-17(20-13)14-8-12(18)5-6-15(14)21-2/h3-8,10-11,19H,9H2,1-2H3. The van der Waals surface area contributed by atoms with Gasteiger partial charge in [-0.3, -0.25) is 0 Å². The predicted molar refractivity (Wildman–Crippen MR) is 101 cm³/mol. The number of ether oxygens (including phenoxy) is 1. The molecule has 6 heteroatoms. The Balaban J connectivity index is 1.72. The Morgan fingerprint density at radius 1 is 1.30 bits per heavy atom. The van der Waals surface area contributed by atoms with Crippen molar-refractivity contribution in [3.8, 4) is 16.3 Å². The average molecular weight is 409 g/mol. The second-order valence-corrected chi connectivity index (χ2v) is 7.86. The molecule has 2 heterocycles. The first-order valence-corrected chi connectivity index (χ1v) is 9.77. The smallest absolute Gasteiger partial charge is 0.129 e. The molecule has 0 aliphatic heterocycles. The molecule has 3 nitrogen and oxygen atoms in total. The van der Waals surface area contributed by atoms with Crippen LogP contribution in [0.1, 0.15) is 23.5 Å². The van der Waals surface area contributed by atoms with Crippen LogP contribution in [-0.2, 0) is 6.54 Å².